The number of amides is 2. The molecule has 0 atom stereocenters. The maximum atomic E-state index is 12.9. The summed E-state index contributed by atoms with van der Waals surface area (Å²) in [5.41, 5.74) is 3.75. The van der Waals surface area contributed by atoms with Gasteiger partial charge in [0.05, 0.1) is 20.6 Å². The van der Waals surface area contributed by atoms with Crippen LogP contribution in [0.2, 0.25) is 0 Å². The highest BCUT2D eigenvalue weighted by Crippen LogP contribution is 2.32. The summed E-state index contributed by atoms with van der Waals surface area (Å²) in [4.78, 5) is 30.6. The molecule has 1 saturated heterocycles. The van der Waals surface area contributed by atoms with Crippen molar-refractivity contribution >= 4 is 23.2 Å². The van der Waals surface area contributed by atoms with E-state index in [9.17, 15) is 9.59 Å². The fourth-order valence-corrected chi connectivity index (χ4v) is 3.97. The first-order valence-electron chi connectivity index (χ1n) is 9.67. The van der Waals surface area contributed by atoms with E-state index in [-0.39, 0.29) is 11.8 Å². The van der Waals surface area contributed by atoms with Crippen molar-refractivity contribution in [3.8, 4) is 11.5 Å². The van der Waals surface area contributed by atoms with Crippen LogP contribution in [0.4, 0.5) is 11.4 Å². The van der Waals surface area contributed by atoms with Crippen molar-refractivity contribution in [3.05, 3.63) is 47.5 Å². The minimum atomic E-state index is -0.00761. The Morgan fingerprint density at radius 2 is 1.66 bits per heavy atom. The van der Waals surface area contributed by atoms with Gasteiger partial charge in [0, 0.05) is 50.2 Å². The average Bonchev–Trinajstić information content (AvgIpc) is 3.05. The summed E-state index contributed by atoms with van der Waals surface area (Å²) in [6, 6.07) is 11.4. The molecule has 4 rings (SSSR count). The van der Waals surface area contributed by atoms with Gasteiger partial charge in [-0.05, 0) is 42.0 Å². The van der Waals surface area contributed by atoms with Gasteiger partial charge in [0.15, 0.2) is 11.5 Å². The number of likely N-dealkylation sites (N-methyl/N-ethyl adjacent to an activating group) is 1. The summed E-state index contributed by atoms with van der Waals surface area (Å²) in [7, 11) is 4.95. The minimum Gasteiger partial charge on any atom is -0.493 e. The highest BCUT2D eigenvalue weighted by atomic mass is 16.5. The number of hydrogen-bond donors (Lipinski definition) is 0. The number of piperazine rings is 1. The van der Waals surface area contributed by atoms with Crippen molar-refractivity contribution in [2.45, 2.75) is 6.42 Å². The zero-order chi connectivity index (χ0) is 20.5. The number of fused-ring (bicyclic) bond motifs is 1. The Hall–Kier alpha value is -3.22. The molecule has 0 unspecified atom stereocenters. The number of ether oxygens (including phenoxy) is 2. The quantitative estimate of drug-likeness (QED) is 0.794. The van der Waals surface area contributed by atoms with Crippen molar-refractivity contribution < 1.29 is 19.1 Å². The van der Waals surface area contributed by atoms with Gasteiger partial charge >= 0.3 is 0 Å². The molecule has 2 amide bonds. The van der Waals surface area contributed by atoms with E-state index in [1.807, 2.05) is 18.0 Å². The second-order valence-electron chi connectivity index (χ2n) is 7.29. The van der Waals surface area contributed by atoms with Crippen LogP contribution in [0.25, 0.3) is 0 Å². The molecule has 0 spiro atoms. The van der Waals surface area contributed by atoms with Crippen molar-refractivity contribution in [2.24, 2.45) is 0 Å². The van der Waals surface area contributed by atoms with E-state index in [1.165, 1.54) is 0 Å². The van der Waals surface area contributed by atoms with Crippen molar-refractivity contribution in [1.29, 1.82) is 0 Å². The summed E-state index contributed by atoms with van der Waals surface area (Å²) in [6.45, 7) is 2.79. The zero-order valence-corrected chi connectivity index (χ0v) is 17.0. The first kappa shape index (κ1) is 19.1. The molecule has 152 valence electrons. The molecule has 7 nitrogen and oxygen atoms in total. The first-order valence-corrected chi connectivity index (χ1v) is 9.67. The number of anilines is 2. The molecule has 2 aromatic carbocycles. The predicted molar refractivity (Wildman–Crippen MR) is 111 cm³/mol. The highest BCUT2D eigenvalue weighted by Gasteiger charge is 2.27. The lowest BCUT2D eigenvalue weighted by Gasteiger charge is -2.36. The van der Waals surface area contributed by atoms with E-state index in [0.29, 0.717) is 36.6 Å². The van der Waals surface area contributed by atoms with Crippen LogP contribution < -0.4 is 19.3 Å². The standard InChI is InChI=1S/C22H25N3O4/c1-23-18-6-5-17(12-16(18)14-21(23)26)24-8-10-25(11-9-24)22(27)15-4-7-19(28-2)20(13-15)29-3/h4-7,12-13H,8-11,14H2,1-3H3. The van der Waals surface area contributed by atoms with Gasteiger partial charge in [-0.3, -0.25) is 9.59 Å². The molecule has 2 heterocycles. The molecule has 0 radical (unpaired) electrons. The fourth-order valence-electron chi connectivity index (χ4n) is 3.97. The van der Waals surface area contributed by atoms with Gasteiger partial charge in [0.2, 0.25) is 5.91 Å². The molecule has 2 aliphatic rings. The van der Waals surface area contributed by atoms with Crippen LogP contribution in [0.1, 0.15) is 15.9 Å². The summed E-state index contributed by atoms with van der Waals surface area (Å²) in [5.74, 6) is 1.28. The van der Waals surface area contributed by atoms with Crippen LogP contribution in [0, 0.1) is 0 Å². The minimum absolute atomic E-state index is 0.00761. The van der Waals surface area contributed by atoms with E-state index in [0.717, 1.165) is 30.0 Å². The molecule has 0 N–H and O–H groups in total. The maximum Gasteiger partial charge on any atom is 0.254 e. The second kappa shape index (κ2) is 7.66. The van der Waals surface area contributed by atoms with Gasteiger partial charge in [-0.25, -0.2) is 0 Å². The second-order valence-corrected chi connectivity index (χ2v) is 7.29. The molecule has 1 fully saturated rings. The average molecular weight is 395 g/mol. The molecule has 7 heteroatoms. The lowest BCUT2D eigenvalue weighted by molar-refractivity contribution is -0.117. The third-order valence-electron chi connectivity index (χ3n) is 5.70. The summed E-state index contributed by atoms with van der Waals surface area (Å²) in [5, 5.41) is 0. The molecule has 29 heavy (non-hydrogen) atoms. The maximum absolute atomic E-state index is 12.9. The zero-order valence-electron chi connectivity index (χ0n) is 17.0. The van der Waals surface area contributed by atoms with Crippen LogP contribution in [-0.2, 0) is 11.2 Å². The lowest BCUT2D eigenvalue weighted by Crippen LogP contribution is -2.48. The molecule has 0 saturated carbocycles. The predicted octanol–water partition coefficient (Wildman–Crippen LogP) is 2.19. The van der Waals surface area contributed by atoms with Gasteiger partial charge in [-0.2, -0.15) is 0 Å². The topological polar surface area (TPSA) is 62.3 Å². The summed E-state index contributed by atoms with van der Waals surface area (Å²) < 4.78 is 10.6. The molecule has 2 aromatic rings. The largest absolute Gasteiger partial charge is 0.493 e. The first-order chi connectivity index (χ1) is 14.0. The lowest BCUT2D eigenvalue weighted by atomic mass is 10.1. The van der Waals surface area contributed by atoms with E-state index in [2.05, 4.69) is 17.0 Å². The van der Waals surface area contributed by atoms with Gasteiger partial charge in [-0.1, -0.05) is 0 Å². The Kier molecular flexibility index (Phi) is 5.05. The van der Waals surface area contributed by atoms with E-state index in [1.54, 1.807) is 37.3 Å². The number of carbonyl (C=O) groups excluding carboxylic acids is 2. The van der Waals surface area contributed by atoms with E-state index in [4.69, 9.17) is 9.47 Å². The van der Waals surface area contributed by atoms with Crippen molar-refractivity contribution in [3.63, 3.8) is 0 Å². The van der Waals surface area contributed by atoms with Gasteiger partial charge in [0.1, 0.15) is 0 Å². The third-order valence-corrected chi connectivity index (χ3v) is 5.70. The van der Waals surface area contributed by atoms with Crippen molar-refractivity contribution in [1.82, 2.24) is 4.90 Å². The highest BCUT2D eigenvalue weighted by molar-refractivity contribution is 6.01. The SMILES string of the molecule is COc1ccc(C(=O)N2CCN(c3ccc4c(c3)CC(=O)N4C)CC2)cc1OC. The molecule has 0 aliphatic carbocycles. The van der Waals surface area contributed by atoms with Gasteiger partial charge in [0.25, 0.3) is 5.91 Å². The van der Waals surface area contributed by atoms with Crippen molar-refractivity contribution in [2.75, 3.05) is 57.2 Å². The molecule has 2 aliphatic heterocycles. The van der Waals surface area contributed by atoms with E-state index < -0.39 is 0 Å². The van der Waals surface area contributed by atoms with E-state index >= 15 is 0 Å². The normalized spacial score (nSPS) is 16.1. The molecule has 0 aromatic heterocycles. The van der Waals surface area contributed by atoms with Gasteiger partial charge < -0.3 is 24.2 Å². The molecular weight excluding hydrogens is 370 g/mol. The number of rotatable bonds is 4. The van der Waals surface area contributed by atoms with Crippen LogP contribution >= 0.6 is 0 Å². The van der Waals surface area contributed by atoms with Crippen LogP contribution in [-0.4, -0.2) is 64.2 Å². The number of benzene rings is 2. The Balaban J connectivity index is 1.43. The smallest absolute Gasteiger partial charge is 0.254 e. The van der Waals surface area contributed by atoms with Crippen LogP contribution in [0.5, 0.6) is 11.5 Å². The van der Waals surface area contributed by atoms with Crippen LogP contribution in [0.3, 0.4) is 0 Å². The number of carbonyl (C=O) groups is 2. The number of nitrogens with zero attached hydrogens (tertiary/aromatic N) is 3. The van der Waals surface area contributed by atoms with Crippen LogP contribution in [0.15, 0.2) is 36.4 Å². The summed E-state index contributed by atoms with van der Waals surface area (Å²) >= 11 is 0. The summed E-state index contributed by atoms with van der Waals surface area (Å²) in [6.07, 6.45) is 0.456. The Bertz CT molecular complexity index is 951. The Labute approximate surface area is 170 Å². The Morgan fingerprint density at radius 3 is 2.34 bits per heavy atom. The number of methoxy groups -OCH3 is 2. The van der Waals surface area contributed by atoms with Gasteiger partial charge in [-0.15, -0.1) is 0 Å². The molecular formula is C22H25N3O4. The monoisotopic (exact) mass is 395 g/mol. The Morgan fingerprint density at radius 1 is 0.931 bits per heavy atom. The molecule has 0 bridgehead atoms. The number of hydrogen-bond acceptors (Lipinski definition) is 5. The third kappa shape index (κ3) is 3.48. The fraction of sp³-hybridized carbons (Fsp3) is 0.364.